The molecule has 1 unspecified atom stereocenters. The number of primary amides is 1. The molecule has 1 aromatic heterocycles. The first-order valence-electron chi connectivity index (χ1n) is 11.0. The Morgan fingerprint density at radius 3 is 2.22 bits per heavy atom. The molecule has 0 radical (unpaired) electrons. The summed E-state index contributed by atoms with van der Waals surface area (Å²) in [5.74, 6) is -0.308. The number of carbonyl (C=O) groups excluding carboxylic acids is 1. The van der Waals surface area contributed by atoms with Crippen molar-refractivity contribution in [3.05, 3.63) is 76.9 Å². The van der Waals surface area contributed by atoms with Gasteiger partial charge in [-0.1, -0.05) is 36.4 Å². The molecule has 2 aromatic carbocycles. The average Bonchev–Trinajstić information content (AvgIpc) is 3.10. The van der Waals surface area contributed by atoms with Crippen LogP contribution in [0.2, 0.25) is 0 Å². The quantitative estimate of drug-likeness (QED) is 0.620. The third-order valence-corrected chi connectivity index (χ3v) is 7.29. The molecule has 5 rings (SSSR count). The summed E-state index contributed by atoms with van der Waals surface area (Å²) < 4.78 is 1.61. The van der Waals surface area contributed by atoms with E-state index in [0.717, 1.165) is 37.8 Å². The number of aliphatic carboxylic acids is 1. The number of benzene rings is 2. The smallest absolute Gasteiger partial charge is 0.306 e. The zero-order chi connectivity index (χ0) is 22.5. The molecule has 2 aliphatic rings. The maximum absolute atomic E-state index is 11.3. The second-order valence-corrected chi connectivity index (χ2v) is 9.24. The summed E-state index contributed by atoms with van der Waals surface area (Å²) in [7, 11) is 0. The Morgan fingerprint density at radius 2 is 1.72 bits per heavy atom. The molecule has 2 saturated carbocycles. The SMILES string of the molecule is Cc1nc(C(N)=O)nn1-c1ccc(Cc2ccc(C3CCC34CC(C(=O)O)C4)cc2)cc1. The van der Waals surface area contributed by atoms with E-state index >= 15 is 0 Å². The van der Waals surface area contributed by atoms with Crippen LogP contribution in [-0.2, 0) is 11.2 Å². The Hall–Kier alpha value is -3.48. The highest BCUT2D eigenvalue weighted by Gasteiger charge is 2.57. The fourth-order valence-corrected chi connectivity index (χ4v) is 5.40. The number of nitrogens with two attached hydrogens (primary N) is 1. The molecular weight excluding hydrogens is 404 g/mol. The number of nitrogens with zero attached hydrogens (tertiary/aromatic N) is 3. The number of carbonyl (C=O) groups is 2. The van der Waals surface area contributed by atoms with Gasteiger partial charge in [-0.2, -0.15) is 0 Å². The van der Waals surface area contributed by atoms with Gasteiger partial charge >= 0.3 is 5.97 Å². The number of rotatable bonds is 6. The number of hydrogen-bond acceptors (Lipinski definition) is 4. The summed E-state index contributed by atoms with van der Waals surface area (Å²) >= 11 is 0. The second kappa shape index (κ2) is 7.58. The van der Waals surface area contributed by atoms with E-state index in [9.17, 15) is 14.7 Å². The first-order chi connectivity index (χ1) is 15.3. The zero-order valence-corrected chi connectivity index (χ0v) is 18.0. The topological polar surface area (TPSA) is 111 Å². The lowest BCUT2D eigenvalue weighted by atomic mass is 9.45. The zero-order valence-electron chi connectivity index (χ0n) is 18.0. The van der Waals surface area contributed by atoms with Gasteiger partial charge in [0.05, 0.1) is 11.6 Å². The minimum absolute atomic E-state index is 0.0142. The van der Waals surface area contributed by atoms with Crippen LogP contribution in [0, 0.1) is 18.3 Å². The monoisotopic (exact) mass is 430 g/mol. The standard InChI is InChI=1S/C25H26N4O3/c1-15-27-23(22(26)30)28-29(15)20-8-4-17(5-9-20)12-16-2-6-18(7-3-16)21-10-11-25(21)13-19(14-25)24(31)32/h2-9,19,21H,10-14H2,1H3,(H2,26,30)(H,31,32). The first-order valence-corrected chi connectivity index (χ1v) is 11.0. The Morgan fingerprint density at radius 1 is 1.09 bits per heavy atom. The normalized spacial score (nSPS) is 24.0. The number of amides is 1. The number of aryl methyl sites for hydroxylation is 1. The second-order valence-electron chi connectivity index (χ2n) is 9.24. The van der Waals surface area contributed by atoms with Crippen molar-refractivity contribution >= 4 is 11.9 Å². The molecule has 3 aromatic rings. The van der Waals surface area contributed by atoms with Crippen LogP contribution >= 0.6 is 0 Å². The fourth-order valence-electron chi connectivity index (χ4n) is 5.40. The molecule has 7 nitrogen and oxygen atoms in total. The molecule has 0 aliphatic heterocycles. The molecule has 1 heterocycles. The van der Waals surface area contributed by atoms with Gasteiger partial charge in [-0.05, 0) is 79.2 Å². The molecule has 1 atom stereocenters. The lowest BCUT2D eigenvalue weighted by molar-refractivity contribution is -0.156. The molecule has 3 N–H and O–H groups in total. The third kappa shape index (κ3) is 3.47. The Labute approximate surface area is 186 Å². The molecule has 1 amide bonds. The molecule has 1 spiro atoms. The van der Waals surface area contributed by atoms with Gasteiger partial charge in [0, 0.05) is 0 Å². The Kier molecular flexibility index (Phi) is 4.84. The van der Waals surface area contributed by atoms with Crippen LogP contribution in [0.25, 0.3) is 5.69 Å². The summed E-state index contributed by atoms with van der Waals surface area (Å²) in [6, 6.07) is 16.8. The van der Waals surface area contributed by atoms with Gasteiger partial charge in [0.1, 0.15) is 5.82 Å². The van der Waals surface area contributed by atoms with Crippen LogP contribution in [0.1, 0.15) is 64.7 Å². The summed E-state index contributed by atoms with van der Waals surface area (Å²) in [5.41, 5.74) is 10.1. The van der Waals surface area contributed by atoms with Crippen LogP contribution in [0.5, 0.6) is 0 Å². The van der Waals surface area contributed by atoms with E-state index in [1.807, 2.05) is 12.1 Å². The van der Waals surface area contributed by atoms with Crippen molar-refractivity contribution in [2.75, 3.05) is 0 Å². The summed E-state index contributed by atoms with van der Waals surface area (Å²) in [5, 5.41) is 13.4. The van der Waals surface area contributed by atoms with Crippen LogP contribution in [-0.4, -0.2) is 31.7 Å². The Bertz CT molecular complexity index is 1170. The van der Waals surface area contributed by atoms with Gasteiger partial charge in [0.2, 0.25) is 5.82 Å². The fraction of sp³-hybridized carbons (Fsp3) is 0.360. The van der Waals surface area contributed by atoms with E-state index in [4.69, 9.17) is 5.73 Å². The van der Waals surface area contributed by atoms with Crippen molar-refractivity contribution < 1.29 is 14.7 Å². The van der Waals surface area contributed by atoms with E-state index in [2.05, 4.69) is 46.5 Å². The van der Waals surface area contributed by atoms with Crippen LogP contribution in [0.3, 0.4) is 0 Å². The highest BCUT2D eigenvalue weighted by molar-refractivity contribution is 5.88. The van der Waals surface area contributed by atoms with Crippen molar-refractivity contribution in [2.45, 2.75) is 44.9 Å². The number of carboxylic acid groups (broad SMARTS) is 1. The van der Waals surface area contributed by atoms with E-state index in [-0.39, 0.29) is 17.2 Å². The molecule has 164 valence electrons. The van der Waals surface area contributed by atoms with E-state index in [0.29, 0.717) is 11.7 Å². The average molecular weight is 431 g/mol. The molecule has 0 saturated heterocycles. The van der Waals surface area contributed by atoms with Gasteiger partial charge in [-0.25, -0.2) is 9.67 Å². The molecule has 7 heteroatoms. The van der Waals surface area contributed by atoms with E-state index < -0.39 is 11.9 Å². The number of hydrogen-bond donors (Lipinski definition) is 2. The van der Waals surface area contributed by atoms with Gasteiger partial charge in [0.15, 0.2) is 0 Å². The van der Waals surface area contributed by atoms with E-state index in [1.165, 1.54) is 16.7 Å². The highest BCUT2D eigenvalue weighted by Crippen LogP contribution is 2.65. The molecule has 0 bridgehead atoms. The lowest BCUT2D eigenvalue weighted by Gasteiger charge is -2.58. The van der Waals surface area contributed by atoms with Crippen molar-refractivity contribution in [2.24, 2.45) is 17.1 Å². The molecule has 2 aliphatic carbocycles. The minimum atomic E-state index is -0.644. The predicted molar refractivity (Wildman–Crippen MR) is 119 cm³/mol. The van der Waals surface area contributed by atoms with Crippen molar-refractivity contribution in [1.29, 1.82) is 0 Å². The predicted octanol–water partition coefficient (Wildman–Crippen LogP) is 3.62. The Balaban J connectivity index is 1.25. The molecule has 32 heavy (non-hydrogen) atoms. The van der Waals surface area contributed by atoms with Crippen LogP contribution in [0.4, 0.5) is 0 Å². The largest absolute Gasteiger partial charge is 0.481 e. The van der Waals surface area contributed by atoms with Crippen LogP contribution in [0.15, 0.2) is 48.5 Å². The molecular formula is C25H26N4O3. The van der Waals surface area contributed by atoms with Crippen molar-refractivity contribution in [3.63, 3.8) is 0 Å². The maximum Gasteiger partial charge on any atom is 0.306 e. The van der Waals surface area contributed by atoms with Gasteiger partial charge in [-0.15, -0.1) is 5.10 Å². The van der Waals surface area contributed by atoms with Crippen molar-refractivity contribution in [3.8, 4) is 5.69 Å². The highest BCUT2D eigenvalue weighted by atomic mass is 16.4. The first kappa shape index (κ1) is 20.4. The summed E-state index contributed by atoms with van der Waals surface area (Å²) in [4.78, 5) is 26.6. The molecule has 2 fully saturated rings. The maximum atomic E-state index is 11.3. The van der Waals surface area contributed by atoms with Gasteiger partial charge in [0.25, 0.3) is 5.91 Å². The summed E-state index contributed by atoms with van der Waals surface area (Å²) in [6.45, 7) is 1.78. The van der Waals surface area contributed by atoms with E-state index in [1.54, 1.807) is 11.6 Å². The number of carboxylic acids is 1. The summed E-state index contributed by atoms with van der Waals surface area (Å²) in [6.07, 6.45) is 4.79. The lowest BCUT2D eigenvalue weighted by Crippen LogP contribution is -2.50. The number of aromatic nitrogens is 3. The minimum Gasteiger partial charge on any atom is -0.481 e. The van der Waals surface area contributed by atoms with Gasteiger partial charge < -0.3 is 10.8 Å². The third-order valence-electron chi connectivity index (χ3n) is 7.29. The van der Waals surface area contributed by atoms with Gasteiger partial charge in [-0.3, -0.25) is 9.59 Å². The van der Waals surface area contributed by atoms with Crippen molar-refractivity contribution in [1.82, 2.24) is 14.8 Å². The van der Waals surface area contributed by atoms with Crippen LogP contribution < -0.4 is 5.73 Å².